The molecule has 134 valence electrons. The first kappa shape index (κ1) is 19.3. The van der Waals surface area contributed by atoms with Gasteiger partial charge in [0, 0.05) is 17.0 Å². The molecule has 25 heavy (non-hydrogen) atoms. The zero-order chi connectivity index (χ0) is 18.2. The first-order valence-corrected chi connectivity index (χ1v) is 9.62. The molecule has 0 spiro atoms. The maximum atomic E-state index is 12.4. The molecule has 1 amide bonds. The molecular formula is C20H27N2O2S+. The summed E-state index contributed by atoms with van der Waals surface area (Å²) in [5.74, 6) is 0.883. The van der Waals surface area contributed by atoms with Gasteiger partial charge >= 0.3 is 0 Å². The number of hydrogen-bond donors (Lipinski definition) is 2. The average molecular weight is 360 g/mol. The number of hydrogen-bond acceptors (Lipinski definition) is 3. The molecule has 0 aromatic heterocycles. The largest absolute Gasteiger partial charge is 0.497 e. The van der Waals surface area contributed by atoms with Crippen LogP contribution >= 0.6 is 11.8 Å². The lowest BCUT2D eigenvalue weighted by Crippen LogP contribution is -3.12. The van der Waals surface area contributed by atoms with Crippen LogP contribution < -0.4 is 15.0 Å². The van der Waals surface area contributed by atoms with E-state index in [0.29, 0.717) is 6.54 Å². The van der Waals surface area contributed by atoms with E-state index in [4.69, 9.17) is 4.74 Å². The van der Waals surface area contributed by atoms with Crippen LogP contribution in [0, 0.1) is 0 Å². The topological polar surface area (TPSA) is 42.8 Å². The van der Waals surface area contributed by atoms with E-state index in [0.717, 1.165) is 17.9 Å². The van der Waals surface area contributed by atoms with Crippen LogP contribution in [-0.2, 0) is 17.9 Å². The van der Waals surface area contributed by atoms with Gasteiger partial charge in [-0.2, -0.15) is 0 Å². The molecule has 1 unspecified atom stereocenters. The summed E-state index contributed by atoms with van der Waals surface area (Å²) in [5.41, 5.74) is 2.30. The van der Waals surface area contributed by atoms with Crippen molar-refractivity contribution in [3.8, 4) is 5.75 Å². The smallest absolute Gasteiger partial charge is 0.278 e. The van der Waals surface area contributed by atoms with E-state index in [1.165, 1.54) is 15.4 Å². The van der Waals surface area contributed by atoms with E-state index >= 15 is 0 Å². The van der Waals surface area contributed by atoms with Gasteiger partial charge in [-0.05, 0) is 43.0 Å². The van der Waals surface area contributed by atoms with Gasteiger partial charge in [0.05, 0.1) is 14.2 Å². The second kappa shape index (κ2) is 9.49. The van der Waals surface area contributed by atoms with Crippen molar-refractivity contribution in [2.45, 2.75) is 31.0 Å². The molecule has 2 aromatic rings. The highest BCUT2D eigenvalue weighted by Crippen LogP contribution is 2.14. The summed E-state index contributed by atoms with van der Waals surface area (Å²) >= 11 is 1.74. The summed E-state index contributed by atoms with van der Waals surface area (Å²) in [6, 6.07) is 16.2. The number of likely N-dealkylation sites (N-methyl/N-ethyl adjacent to an activating group) is 1. The Morgan fingerprint density at radius 2 is 1.72 bits per heavy atom. The summed E-state index contributed by atoms with van der Waals surface area (Å²) in [6.45, 7) is 3.32. The van der Waals surface area contributed by atoms with Gasteiger partial charge in [0.15, 0.2) is 6.04 Å². The number of thioether (sulfide) groups is 1. The number of methoxy groups -OCH3 is 1. The third-order valence-electron chi connectivity index (χ3n) is 4.40. The van der Waals surface area contributed by atoms with Crippen molar-refractivity contribution in [1.82, 2.24) is 5.32 Å². The third kappa shape index (κ3) is 5.80. The Labute approximate surface area is 154 Å². The Hall–Kier alpha value is -1.98. The molecule has 2 aromatic carbocycles. The highest BCUT2D eigenvalue weighted by atomic mass is 32.2. The van der Waals surface area contributed by atoms with E-state index in [1.54, 1.807) is 18.9 Å². The standard InChI is InChI=1S/C20H26N2O2S/c1-15(22(2)14-17-7-11-19(25-4)12-8-17)20(23)21-13-16-5-9-18(24-3)10-6-16/h5-12,15H,13-14H2,1-4H3,(H,21,23)/p+1/t15-/m0/s1. The molecule has 4 nitrogen and oxygen atoms in total. The maximum Gasteiger partial charge on any atom is 0.278 e. The molecule has 5 heteroatoms. The number of amides is 1. The predicted molar refractivity (Wildman–Crippen MR) is 103 cm³/mol. The molecule has 0 heterocycles. The van der Waals surface area contributed by atoms with Crippen LogP contribution in [0.3, 0.4) is 0 Å². The van der Waals surface area contributed by atoms with Crippen molar-refractivity contribution in [2.24, 2.45) is 0 Å². The molecule has 2 rings (SSSR count). The summed E-state index contributed by atoms with van der Waals surface area (Å²) < 4.78 is 5.14. The van der Waals surface area contributed by atoms with Gasteiger partial charge in [-0.25, -0.2) is 0 Å². The van der Waals surface area contributed by atoms with Gasteiger partial charge in [-0.15, -0.1) is 11.8 Å². The lowest BCUT2D eigenvalue weighted by Gasteiger charge is -2.21. The van der Waals surface area contributed by atoms with Gasteiger partial charge in [0.25, 0.3) is 5.91 Å². The van der Waals surface area contributed by atoms with E-state index < -0.39 is 0 Å². The van der Waals surface area contributed by atoms with Crippen molar-refractivity contribution >= 4 is 17.7 Å². The molecule has 0 aliphatic carbocycles. The third-order valence-corrected chi connectivity index (χ3v) is 5.14. The molecule has 0 fully saturated rings. The summed E-state index contributed by atoms with van der Waals surface area (Å²) in [6.07, 6.45) is 2.07. The lowest BCUT2D eigenvalue weighted by atomic mass is 10.1. The number of quaternary nitrogens is 1. The fourth-order valence-corrected chi connectivity index (χ4v) is 2.94. The Bertz CT molecular complexity index is 671. The minimum Gasteiger partial charge on any atom is -0.497 e. The van der Waals surface area contributed by atoms with Crippen LogP contribution in [0.1, 0.15) is 18.1 Å². The van der Waals surface area contributed by atoms with Crippen LogP contribution in [0.25, 0.3) is 0 Å². The minimum atomic E-state index is -0.113. The Morgan fingerprint density at radius 1 is 1.12 bits per heavy atom. The predicted octanol–water partition coefficient (Wildman–Crippen LogP) is 2.14. The minimum absolute atomic E-state index is 0.0639. The van der Waals surface area contributed by atoms with Crippen LogP contribution in [0.4, 0.5) is 0 Å². The molecule has 2 atom stereocenters. The van der Waals surface area contributed by atoms with Crippen molar-refractivity contribution < 1.29 is 14.4 Å². The molecule has 0 aliphatic heterocycles. The van der Waals surface area contributed by atoms with Crippen LogP contribution in [0.2, 0.25) is 0 Å². The molecule has 0 bridgehead atoms. The van der Waals surface area contributed by atoms with Crippen LogP contribution in [0.15, 0.2) is 53.4 Å². The van der Waals surface area contributed by atoms with Gasteiger partial charge in [-0.1, -0.05) is 24.3 Å². The molecule has 0 saturated heterocycles. The first-order valence-electron chi connectivity index (χ1n) is 8.39. The zero-order valence-electron chi connectivity index (χ0n) is 15.3. The Kier molecular flexibility index (Phi) is 7.34. The second-order valence-electron chi connectivity index (χ2n) is 6.16. The van der Waals surface area contributed by atoms with E-state index in [2.05, 4.69) is 42.9 Å². The fraction of sp³-hybridized carbons (Fsp3) is 0.350. The van der Waals surface area contributed by atoms with Gasteiger partial charge in [0.2, 0.25) is 0 Å². The molecular weight excluding hydrogens is 332 g/mol. The van der Waals surface area contributed by atoms with Gasteiger partial charge in [-0.3, -0.25) is 4.79 Å². The summed E-state index contributed by atoms with van der Waals surface area (Å²) in [7, 11) is 3.70. The summed E-state index contributed by atoms with van der Waals surface area (Å²) in [5, 5.41) is 3.02. The van der Waals surface area contributed by atoms with Crippen LogP contribution in [-0.4, -0.2) is 32.4 Å². The summed E-state index contributed by atoms with van der Waals surface area (Å²) in [4.78, 5) is 14.8. The highest BCUT2D eigenvalue weighted by Gasteiger charge is 2.21. The molecule has 0 aliphatic rings. The van der Waals surface area contributed by atoms with E-state index in [1.807, 2.05) is 31.2 Å². The van der Waals surface area contributed by atoms with Crippen molar-refractivity contribution in [2.75, 3.05) is 20.4 Å². The highest BCUT2D eigenvalue weighted by molar-refractivity contribution is 7.98. The maximum absolute atomic E-state index is 12.4. The number of benzene rings is 2. The lowest BCUT2D eigenvalue weighted by molar-refractivity contribution is -0.908. The SMILES string of the molecule is COc1ccc(CNC(=O)[C@H](C)[NH+](C)Cc2ccc(SC)cc2)cc1. The molecule has 0 radical (unpaired) electrons. The monoisotopic (exact) mass is 359 g/mol. The number of carbonyl (C=O) groups is 1. The number of rotatable bonds is 8. The quantitative estimate of drug-likeness (QED) is 0.710. The van der Waals surface area contributed by atoms with E-state index in [-0.39, 0.29) is 11.9 Å². The zero-order valence-corrected chi connectivity index (χ0v) is 16.2. The fourth-order valence-electron chi connectivity index (χ4n) is 2.53. The van der Waals surface area contributed by atoms with Crippen LogP contribution in [0.5, 0.6) is 5.75 Å². The number of ether oxygens (including phenoxy) is 1. The van der Waals surface area contributed by atoms with Crippen molar-refractivity contribution in [1.29, 1.82) is 0 Å². The van der Waals surface area contributed by atoms with Gasteiger partial charge < -0.3 is 15.0 Å². The van der Waals surface area contributed by atoms with Gasteiger partial charge in [0.1, 0.15) is 12.3 Å². The average Bonchev–Trinajstić information content (AvgIpc) is 2.66. The van der Waals surface area contributed by atoms with E-state index in [9.17, 15) is 4.79 Å². The first-order chi connectivity index (χ1) is 12.0. The second-order valence-corrected chi connectivity index (χ2v) is 7.04. The molecule has 0 saturated carbocycles. The number of nitrogens with one attached hydrogen (secondary N) is 2. The number of carbonyl (C=O) groups excluding carboxylic acids is 1. The van der Waals surface area contributed by atoms with Crippen molar-refractivity contribution in [3.05, 3.63) is 59.7 Å². The Morgan fingerprint density at radius 3 is 2.28 bits per heavy atom. The molecule has 2 N–H and O–H groups in total. The normalized spacial score (nSPS) is 13.1. The Balaban J connectivity index is 1.84. The van der Waals surface area contributed by atoms with Crippen molar-refractivity contribution in [3.63, 3.8) is 0 Å².